The van der Waals surface area contributed by atoms with Crippen molar-refractivity contribution in [2.24, 2.45) is 5.92 Å². The summed E-state index contributed by atoms with van der Waals surface area (Å²) >= 11 is 0. The van der Waals surface area contributed by atoms with Gasteiger partial charge in [0.05, 0.1) is 0 Å². The zero-order valence-electron chi connectivity index (χ0n) is 14.1. The van der Waals surface area contributed by atoms with E-state index < -0.39 is 0 Å². The molecular formula is C17H29N3O. The monoisotopic (exact) mass is 291 g/mol. The van der Waals surface area contributed by atoms with Gasteiger partial charge in [-0.3, -0.25) is 0 Å². The van der Waals surface area contributed by atoms with E-state index in [0.717, 1.165) is 36.9 Å². The first kappa shape index (κ1) is 16.1. The second-order valence-corrected chi connectivity index (χ2v) is 7.20. The van der Waals surface area contributed by atoms with Crippen LogP contribution in [0.2, 0.25) is 0 Å². The Kier molecular flexibility index (Phi) is 5.07. The minimum absolute atomic E-state index is 0.0787. The van der Waals surface area contributed by atoms with Crippen molar-refractivity contribution in [3.05, 3.63) is 11.9 Å². The van der Waals surface area contributed by atoms with Gasteiger partial charge in [-0.15, -0.1) is 0 Å². The Morgan fingerprint density at radius 1 is 1.19 bits per heavy atom. The lowest BCUT2D eigenvalue weighted by molar-refractivity contribution is 0.129. The molecule has 4 heteroatoms. The van der Waals surface area contributed by atoms with E-state index in [9.17, 15) is 0 Å². The van der Waals surface area contributed by atoms with E-state index in [0.29, 0.717) is 12.0 Å². The molecule has 1 aromatic rings. The van der Waals surface area contributed by atoms with Crippen LogP contribution in [-0.2, 0) is 5.41 Å². The third-order valence-corrected chi connectivity index (χ3v) is 3.98. The molecule has 1 saturated carbocycles. The van der Waals surface area contributed by atoms with Crippen molar-refractivity contribution in [1.82, 2.24) is 9.97 Å². The largest absolute Gasteiger partial charge is 0.474 e. The van der Waals surface area contributed by atoms with Crippen LogP contribution in [0.3, 0.4) is 0 Å². The van der Waals surface area contributed by atoms with Gasteiger partial charge >= 0.3 is 0 Å². The van der Waals surface area contributed by atoms with E-state index in [1.807, 2.05) is 6.07 Å². The summed E-state index contributed by atoms with van der Waals surface area (Å²) in [6.45, 7) is 11.6. The molecular weight excluding hydrogens is 262 g/mol. The lowest BCUT2D eigenvalue weighted by Gasteiger charge is -2.27. The Morgan fingerprint density at radius 3 is 2.43 bits per heavy atom. The first-order valence-corrected chi connectivity index (χ1v) is 8.18. The number of hydrogen-bond acceptors (Lipinski definition) is 4. The summed E-state index contributed by atoms with van der Waals surface area (Å²) in [7, 11) is 0. The summed E-state index contributed by atoms with van der Waals surface area (Å²) in [6.07, 6.45) is 5.07. The molecule has 0 aliphatic heterocycles. The Bertz CT molecular complexity index is 460. The van der Waals surface area contributed by atoms with E-state index in [1.54, 1.807) is 0 Å². The van der Waals surface area contributed by atoms with Gasteiger partial charge in [-0.05, 0) is 38.5 Å². The molecule has 1 aromatic heterocycles. The van der Waals surface area contributed by atoms with Crippen molar-refractivity contribution >= 4 is 5.82 Å². The van der Waals surface area contributed by atoms with Crippen LogP contribution in [0.15, 0.2) is 6.07 Å². The van der Waals surface area contributed by atoms with E-state index >= 15 is 0 Å². The van der Waals surface area contributed by atoms with Crippen LogP contribution in [-0.4, -0.2) is 22.6 Å². The molecule has 0 spiro atoms. The summed E-state index contributed by atoms with van der Waals surface area (Å²) in [6, 6.07) is 1.93. The molecule has 2 rings (SSSR count). The molecule has 0 saturated heterocycles. The average molecular weight is 291 g/mol. The summed E-state index contributed by atoms with van der Waals surface area (Å²) in [5.74, 6) is 3.24. The summed E-state index contributed by atoms with van der Waals surface area (Å²) < 4.78 is 6.14. The van der Waals surface area contributed by atoms with Crippen molar-refractivity contribution in [2.75, 3.05) is 11.9 Å². The van der Waals surface area contributed by atoms with Gasteiger partial charge in [-0.1, -0.05) is 27.7 Å². The second kappa shape index (κ2) is 6.63. The highest BCUT2D eigenvalue weighted by atomic mass is 16.5. The Balaban J connectivity index is 2.15. The molecule has 1 aliphatic rings. The number of rotatable bonds is 4. The Labute approximate surface area is 128 Å². The van der Waals surface area contributed by atoms with E-state index in [2.05, 4.69) is 49.9 Å². The van der Waals surface area contributed by atoms with Crippen molar-refractivity contribution in [2.45, 2.75) is 71.8 Å². The molecule has 0 bridgehead atoms. The molecule has 0 amide bonds. The second-order valence-electron chi connectivity index (χ2n) is 7.20. The highest BCUT2D eigenvalue weighted by Gasteiger charge is 2.23. The number of nitrogens with zero attached hydrogens (tertiary/aromatic N) is 2. The number of nitrogens with one attached hydrogen (secondary N) is 1. The lowest BCUT2D eigenvalue weighted by atomic mass is 9.89. The standard InChI is InChI=1S/C17H29N3O/c1-6-18-14-11-15(20-16(19-14)17(3,4)5)21-13-9-7-12(2)8-10-13/h11-13H,6-10H2,1-5H3,(H,18,19,20). The fourth-order valence-electron chi connectivity index (χ4n) is 2.61. The smallest absolute Gasteiger partial charge is 0.219 e. The zero-order chi connectivity index (χ0) is 15.5. The SMILES string of the molecule is CCNc1cc(OC2CCC(C)CC2)nc(C(C)(C)C)n1. The number of ether oxygens (including phenoxy) is 1. The maximum Gasteiger partial charge on any atom is 0.219 e. The van der Waals surface area contributed by atoms with Crippen LogP contribution in [0.4, 0.5) is 5.82 Å². The molecule has 21 heavy (non-hydrogen) atoms. The van der Waals surface area contributed by atoms with Gasteiger partial charge in [0.1, 0.15) is 17.7 Å². The average Bonchev–Trinajstić information content (AvgIpc) is 2.41. The van der Waals surface area contributed by atoms with Gasteiger partial charge in [0, 0.05) is 18.0 Å². The molecule has 1 fully saturated rings. The lowest BCUT2D eigenvalue weighted by Crippen LogP contribution is -2.24. The van der Waals surface area contributed by atoms with Gasteiger partial charge in [0.2, 0.25) is 5.88 Å². The van der Waals surface area contributed by atoms with Crippen molar-refractivity contribution in [3.63, 3.8) is 0 Å². The fourth-order valence-corrected chi connectivity index (χ4v) is 2.61. The van der Waals surface area contributed by atoms with Gasteiger partial charge in [0.15, 0.2) is 0 Å². The molecule has 1 aliphatic carbocycles. The maximum atomic E-state index is 6.14. The third kappa shape index (κ3) is 4.58. The topological polar surface area (TPSA) is 47.0 Å². The molecule has 118 valence electrons. The highest BCUT2D eigenvalue weighted by Crippen LogP contribution is 2.28. The van der Waals surface area contributed by atoms with Gasteiger partial charge in [0.25, 0.3) is 0 Å². The molecule has 4 nitrogen and oxygen atoms in total. The van der Waals surface area contributed by atoms with E-state index in [-0.39, 0.29) is 5.41 Å². The number of aromatic nitrogens is 2. The van der Waals surface area contributed by atoms with Gasteiger partial charge < -0.3 is 10.1 Å². The first-order valence-electron chi connectivity index (χ1n) is 8.18. The minimum Gasteiger partial charge on any atom is -0.474 e. The summed E-state index contributed by atoms with van der Waals surface area (Å²) in [5, 5.41) is 3.27. The number of anilines is 1. The minimum atomic E-state index is -0.0787. The fraction of sp³-hybridized carbons (Fsp3) is 0.765. The van der Waals surface area contributed by atoms with E-state index in [4.69, 9.17) is 4.74 Å². The van der Waals surface area contributed by atoms with Crippen molar-refractivity contribution in [1.29, 1.82) is 0 Å². The Morgan fingerprint density at radius 2 is 1.86 bits per heavy atom. The molecule has 0 unspecified atom stereocenters. The number of hydrogen-bond donors (Lipinski definition) is 1. The van der Waals surface area contributed by atoms with E-state index in [1.165, 1.54) is 12.8 Å². The summed E-state index contributed by atoms with van der Waals surface area (Å²) in [4.78, 5) is 9.22. The van der Waals surface area contributed by atoms with Gasteiger partial charge in [-0.2, -0.15) is 4.98 Å². The van der Waals surface area contributed by atoms with Crippen LogP contribution in [0, 0.1) is 5.92 Å². The predicted octanol–water partition coefficient (Wildman–Crippen LogP) is 4.16. The van der Waals surface area contributed by atoms with Crippen molar-refractivity contribution in [3.8, 4) is 5.88 Å². The predicted molar refractivity (Wildman–Crippen MR) is 86.9 cm³/mol. The van der Waals surface area contributed by atoms with Gasteiger partial charge in [-0.25, -0.2) is 4.98 Å². The molecule has 0 radical (unpaired) electrons. The zero-order valence-corrected chi connectivity index (χ0v) is 14.1. The highest BCUT2D eigenvalue weighted by molar-refractivity contribution is 5.39. The summed E-state index contributed by atoms with van der Waals surface area (Å²) in [5.41, 5.74) is -0.0787. The third-order valence-electron chi connectivity index (χ3n) is 3.98. The molecule has 0 aromatic carbocycles. The molecule has 0 atom stereocenters. The first-order chi connectivity index (χ1) is 9.88. The van der Waals surface area contributed by atoms with Crippen molar-refractivity contribution < 1.29 is 4.74 Å². The van der Waals surface area contributed by atoms with Crippen LogP contribution in [0.1, 0.15) is 66.1 Å². The van der Waals surface area contributed by atoms with Crippen LogP contribution in [0.25, 0.3) is 0 Å². The molecule has 1 heterocycles. The molecule has 1 N–H and O–H groups in total. The normalized spacial score (nSPS) is 22.9. The van der Waals surface area contributed by atoms with Crippen LogP contribution < -0.4 is 10.1 Å². The maximum absolute atomic E-state index is 6.14. The quantitative estimate of drug-likeness (QED) is 0.904. The Hall–Kier alpha value is -1.32. The van der Waals surface area contributed by atoms with Crippen LogP contribution in [0.5, 0.6) is 5.88 Å². The van der Waals surface area contributed by atoms with Crippen LogP contribution >= 0.6 is 0 Å².